The summed E-state index contributed by atoms with van der Waals surface area (Å²) in [6, 6.07) is 0. The van der Waals surface area contributed by atoms with Crippen LogP contribution in [0.15, 0.2) is 0 Å². The van der Waals surface area contributed by atoms with E-state index >= 15 is 0 Å². The third-order valence-electron chi connectivity index (χ3n) is 8.27. The highest BCUT2D eigenvalue weighted by Crippen LogP contribution is 3.00. The van der Waals surface area contributed by atoms with Gasteiger partial charge in [0.25, 0.3) is 0 Å². The topological polar surface area (TPSA) is 36.9 Å². The molecule has 0 N–H and O–H groups in total. The first-order valence-corrected chi connectivity index (χ1v) is 8.69. The Morgan fingerprint density at radius 3 is 1.75 bits per heavy atom. The van der Waals surface area contributed by atoms with Crippen molar-refractivity contribution < 1.29 is 18.9 Å². The number of alkyl halides is 1. The van der Waals surface area contributed by atoms with Crippen molar-refractivity contribution in [3.05, 3.63) is 0 Å². The van der Waals surface area contributed by atoms with Crippen LogP contribution in [0, 0.1) is 40.9 Å². The summed E-state index contributed by atoms with van der Waals surface area (Å²) in [5, 5.41) is 0. The van der Waals surface area contributed by atoms with Crippen LogP contribution < -0.4 is 0 Å². The zero-order chi connectivity index (χ0) is 13.1. The third-order valence-corrected chi connectivity index (χ3v) is 9.88. The van der Waals surface area contributed by atoms with Gasteiger partial charge in [-0.3, -0.25) is 0 Å². The second kappa shape index (κ2) is 2.56. The Bertz CT molecular complexity index is 518. The normalized spacial score (nSPS) is 71.1. The molecule has 4 nitrogen and oxygen atoms in total. The Morgan fingerprint density at radius 1 is 0.700 bits per heavy atom. The molecule has 8 rings (SSSR count). The third kappa shape index (κ3) is 0.592. The summed E-state index contributed by atoms with van der Waals surface area (Å²) < 4.78 is 25.1. The lowest BCUT2D eigenvalue weighted by atomic mass is 9.35. The molecule has 0 aromatic heterocycles. The van der Waals surface area contributed by atoms with Gasteiger partial charge in [0.2, 0.25) is 0 Å². The molecule has 6 saturated carbocycles. The standard InChI is InChI=1S/C15H17BrO4/c1-12-6-8-7(12)10-11(14(12)17-2-3-18-14)9(6)13(8,16)15(10)19-4-5-20-15/h6-11H,2-5H2,1H3/t6-,7+,8-,9+,10+,11-,12+,13+/m1/s1. The van der Waals surface area contributed by atoms with E-state index in [0.29, 0.717) is 29.6 Å². The first-order chi connectivity index (χ1) is 9.65. The van der Waals surface area contributed by atoms with Gasteiger partial charge in [0.15, 0.2) is 11.6 Å². The van der Waals surface area contributed by atoms with E-state index in [-0.39, 0.29) is 21.3 Å². The molecule has 2 saturated heterocycles. The summed E-state index contributed by atoms with van der Waals surface area (Å²) in [6.07, 6.45) is 0. The minimum atomic E-state index is -0.384. The molecule has 0 aromatic carbocycles. The largest absolute Gasteiger partial charge is 0.347 e. The molecule has 6 aliphatic carbocycles. The Balaban J connectivity index is 1.53. The molecule has 0 unspecified atom stereocenters. The molecule has 0 aromatic rings. The molecule has 2 aliphatic heterocycles. The van der Waals surface area contributed by atoms with Crippen molar-refractivity contribution in [2.24, 2.45) is 40.9 Å². The number of halogens is 1. The van der Waals surface area contributed by atoms with E-state index in [0.717, 1.165) is 32.3 Å². The van der Waals surface area contributed by atoms with Gasteiger partial charge in [-0.2, -0.15) is 0 Å². The first kappa shape index (κ1) is 10.9. The van der Waals surface area contributed by atoms with Crippen molar-refractivity contribution in [2.75, 3.05) is 26.4 Å². The fourth-order valence-corrected chi connectivity index (χ4v) is 9.98. The van der Waals surface area contributed by atoms with Crippen LogP contribution in [-0.2, 0) is 18.9 Å². The highest BCUT2D eigenvalue weighted by molar-refractivity contribution is 9.10. The van der Waals surface area contributed by atoms with Gasteiger partial charge < -0.3 is 18.9 Å². The van der Waals surface area contributed by atoms with E-state index < -0.39 is 0 Å². The van der Waals surface area contributed by atoms with Gasteiger partial charge in [-0.05, 0) is 23.7 Å². The Morgan fingerprint density at radius 2 is 1.15 bits per heavy atom. The highest BCUT2D eigenvalue weighted by Gasteiger charge is 3.07. The molecule has 0 radical (unpaired) electrons. The molecule has 2 spiro atoms. The van der Waals surface area contributed by atoms with Gasteiger partial charge in [-0.25, -0.2) is 0 Å². The van der Waals surface area contributed by atoms with Crippen molar-refractivity contribution in [1.29, 1.82) is 0 Å². The zero-order valence-corrected chi connectivity index (χ0v) is 12.9. The minimum absolute atomic E-state index is 0.0412. The molecule has 4 bridgehead atoms. The van der Waals surface area contributed by atoms with Crippen molar-refractivity contribution in [3.63, 3.8) is 0 Å². The van der Waals surface area contributed by atoms with Gasteiger partial charge in [0, 0.05) is 17.3 Å². The quantitative estimate of drug-likeness (QED) is 0.624. The lowest BCUT2D eigenvalue weighted by Gasteiger charge is -2.71. The lowest BCUT2D eigenvalue weighted by Crippen LogP contribution is -2.74. The first-order valence-electron chi connectivity index (χ1n) is 7.89. The second-order valence-corrected chi connectivity index (χ2v) is 9.25. The van der Waals surface area contributed by atoms with Crippen molar-refractivity contribution in [1.82, 2.24) is 0 Å². The van der Waals surface area contributed by atoms with E-state index in [1.807, 2.05) is 0 Å². The van der Waals surface area contributed by atoms with Crippen LogP contribution in [0.25, 0.3) is 0 Å². The number of ether oxygens (including phenoxy) is 4. The number of hydrogen-bond donors (Lipinski definition) is 0. The van der Waals surface area contributed by atoms with Crippen molar-refractivity contribution in [2.45, 2.75) is 22.8 Å². The Hall–Kier alpha value is 0.320. The number of hydrogen-bond acceptors (Lipinski definition) is 4. The molecule has 5 heteroatoms. The molecule has 2 heterocycles. The molecule has 0 amide bonds. The van der Waals surface area contributed by atoms with Crippen LogP contribution in [0.5, 0.6) is 0 Å². The predicted octanol–water partition coefficient (Wildman–Crippen LogP) is 1.38. The second-order valence-electron chi connectivity index (χ2n) is 7.93. The Kier molecular flexibility index (Phi) is 1.40. The van der Waals surface area contributed by atoms with Crippen LogP contribution in [0.2, 0.25) is 0 Å². The van der Waals surface area contributed by atoms with E-state index in [4.69, 9.17) is 18.9 Å². The molecule has 108 valence electrons. The van der Waals surface area contributed by atoms with Gasteiger partial charge in [-0.15, -0.1) is 0 Å². The summed E-state index contributed by atoms with van der Waals surface area (Å²) in [4.78, 5) is 0. The van der Waals surface area contributed by atoms with Gasteiger partial charge in [0.1, 0.15) is 0 Å². The monoisotopic (exact) mass is 340 g/mol. The summed E-state index contributed by atoms with van der Waals surface area (Å²) in [5.74, 6) is 2.94. The predicted molar refractivity (Wildman–Crippen MR) is 70.0 cm³/mol. The highest BCUT2D eigenvalue weighted by atomic mass is 79.9. The van der Waals surface area contributed by atoms with Crippen LogP contribution in [-0.4, -0.2) is 42.3 Å². The van der Waals surface area contributed by atoms with E-state index in [2.05, 4.69) is 22.9 Å². The minimum Gasteiger partial charge on any atom is -0.347 e. The molecular weight excluding hydrogens is 324 g/mol. The van der Waals surface area contributed by atoms with Crippen LogP contribution in [0.1, 0.15) is 6.92 Å². The SMILES string of the molecule is C[C@@]12[C@@H]3[C@H]4[C@@H]([C@@H]5[C@H]1[C@H]3[C@@]5(Br)C41OCCO1)C21OCCO1. The molecular formula is C15H17BrO4. The van der Waals surface area contributed by atoms with E-state index in [1.54, 1.807) is 0 Å². The fourth-order valence-electron chi connectivity index (χ4n) is 8.35. The van der Waals surface area contributed by atoms with Crippen LogP contribution in [0.4, 0.5) is 0 Å². The van der Waals surface area contributed by atoms with Gasteiger partial charge in [0.05, 0.1) is 30.8 Å². The van der Waals surface area contributed by atoms with Crippen molar-refractivity contribution in [3.8, 4) is 0 Å². The smallest absolute Gasteiger partial charge is 0.187 e. The number of rotatable bonds is 0. The zero-order valence-electron chi connectivity index (χ0n) is 11.3. The maximum atomic E-state index is 6.28. The van der Waals surface area contributed by atoms with Crippen molar-refractivity contribution >= 4 is 15.9 Å². The molecule has 8 fully saturated rings. The Labute approximate surface area is 125 Å². The maximum absolute atomic E-state index is 6.28. The van der Waals surface area contributed by atoms with Gasteiger partial charge in [-0.1, -0.05) is 22.9 Å². The lowest BCUT2D eigenvalue weighted by molar-refractivity contribution is -0.289. The fraction of sp³-hybridized carbons (Fsp3) is 1.00. The average Bonchev–Trinajstić information content (AvgIpc) is 3.19. The summed E-state index contributed by atoms with van der Waals surface area (Å²) in [6.45, 7) is 5.38. The summed E-state index contributed by atoms with van der Waals surface area (Å²) in [7, 11) is 0. The maximum Gasteiger partial charge on any atom is 0.187 e. The van der Waals surface area contributed by atoms with Crippen LogP contribution >= 0.6 is 15.9 Å². The van der Waals surface area contributed by atoms with Gasteiger partial charge >= 0.3 is 0 Å². The molecule has 8 atom stereocenters. The summed E-state index contributed by atoms with van der Waals surface area (Å²) >= 11 is 4.12. The average molecular weight is 341 g/mol. The van der Waals surface area contributed by atoms with E-state index in [1.165, 1.54) is 0 Å². The molecule has 8 aliphatic rings. The molecule has 20 heavy (non-hydrogen) atoms. The summed E-state index contributed by atoms with van der Waals surface area (Å²) in [5.41, 5.74) is 0.199. The van der Waals surface area contributed by atoms with E-state index in [9.17, 15) is 0 Å². The van der Waals surface area contributed by atoms with Crippen LogP contribution in [0.3, 0.4) is 0 Å².